The molecule has 1 N–H and O–H groups in total. The van der Waals surface area contributed by atoms with Crippen LogP contribution in [0.4, 0.5) is 0 Å². The summed E-state index contributed by atoms with van der Waals surface area (Å²) in [5, 5.41) is 9.10. The summed E-state index contributed by atoms with van der Waals surface area (Å²) in [7, 11) is 0. The van der Waals surface area contributed by atoms with Crippen molar-refractivity contribution in [1.29, 1.82) is 0 Å². The van der Waals surface area contributed by atoms with Crippen molar-refractivity contribution in [2.45, 2.75) is 85.0 Å². The van der Waals surface area contributed by atoms with E-state index in [1.165, 1.54) is 11.1 Å². The van der Waals surface area contributed by atoms with E-state index in [2.05, 4.69) is 19.9 Å². The predicted octanol–water partition coefficient (Wildman–Crippen LogP) is 6.48. The van der Waals surface area contributed by atoms with E-state index in [9.17, 15) is 9.59 Å². The van der Waals surface area contributed by atoms with Crippen LogP contribution in [-0.4, -0.2) is 23.3 Å². The molecule has 1 aromatic rings. The van der Waals surface area contributed by atoms with Crippen molar-refractivity contribution in [3.05, 3.63) is 52.6 Å². The Hall–Kier alpha value is -2.00. The number of unbranched alkanes of at least 4 members (excludes halogenated alkanes) is 1. The van der Waals surface area contributed by atoms with Gasteiger partial charge in [0, 0.05) is 31.4 Å². The number of Topliss-reactive ketones (excluding diaryl/α,β-unsaturated/α-hetero) is 2. The van der Waals surface area contributed by atoms with E-state index < -0.39 is 0 Å². The van der Waals surface area contributed by atoms with Crippen LogP contribution in [0.2, 0.25) is 0 Å². The van der Waals surface area contributed by atoms with Crippen LogP contribution in [0, 0.1) is 0 Å². The highest BCUT2D eigenvalue weighted by Gasteiger charge is 2.11. The first kappa shape index (κ1) is 25.0. The van der Waals surface area contributed by atoms with Gasteiger partial charge in [0.25, 0.3) is 0 Å². The summed E-state index contributed by atoms with van der Waals surface area (Å²) in [6.45, 7) is 6.44. The molecule has 160 valence electrons. The molecule has 1 aromatic carbocycles. The first-order chi connectivity index (χ1) is 14.0. The first-order valence-electron chi connectivity index (χ1n) is 11.1. The van der Waals surface area contributed by atoms with E-state index in [0.29, 0.717) is 24.8 Å². The van der Waals surface area contributed by atoms with Crippen molar-refractivity contribution in [1.82, 2.24) is 0 Å². The molecule has 0 spiro atoms. The Kier molecular flexibility index (Phi) is 12.9. The third kappa shape index (κ3) is 9.85. The summed E-state index contributed by atoms with van der Waals surface area (Å²) in [4.78, 5) is 24.4. The lowest BCUT2D eigenvalue weighted by Gasteiger charge is -2.10. The van der Waals surface area contributed by atoms with Crippen molar-refractivity contribution in [2.75, 3.05) is 6.61 Å². The van der Waals surface area contributed by atoms with Gasteiger partial charge in [-0.1, -0.05) is 62.6 Å². The molecule has 3 nitrogen and oxygen atoms in total. The highest BCUT2D eigenvalue weighted by Crippen LogP contribution is 2.20. The lowest BCUT2D eigenvalue weighted by molar-refractivity contribution is -0.119. The normalized spacial score (nSPS) is 11.9. The summed E-state index contributed by atoms with van der Waals surface area (Å²) < 4.78 is 0. The van der Waals surface area contributed by atoms with Gasteiger partial charge in [-0.15, -0.1) is 0 Å². The Bertz CT molecular complexity index is 698. The molecule has 1 rings (SSSR count). The van der Waals surface area contributed by atoms with Gasteiger partial charge >= 0.3 is 0 Å². The molecule has 0 aromatic heterocycles. The highest BCUT2D eigenvalue weighted by atomic mass is 16.2. The second-order valence-electron chi connectivity index (χ2n) is 7.62. The lowest BCUT2D eigenvalue weighted by Crippen LogP contribution is -2.05. The zero-order chi connectivity index (χ0) is 21.5. The number of ketones is 2. The standard InChI is InChI=1S/C26H38O3/c1-4-7-12-25(28)17-18-26(29)24-16-15-22(23(20-24)10-6-3)14-13-21(9-5-2)11-8-19-27/h6,10,13,15-16,20,27H,4-5,7-9,11-12,14,17-19H2,1-3H3/b10-6+,21-13+. The van der Waals surface area contributed by atoms with Crippen LogP contribution in [0.5, 0.6) is 0 Å². The number of aliphatic hydroxyl groups is 1. The molecule has 29 heavy (non-hydrogen) atoms. The smallest absolute Gasteiger partial charge is 0.163 e. The zero-order valence-electron chi connectivity index (χ0n) is 18.5. The predicted molar refractivity (Wildman–Crippen MR) is 122 cm³/mol. The summed E-state index contributed by atoms with van der Waals surface area (Å²) in [6.07, 6.45) is 14.1. The van der Waals surface area contributed by atoms with Gasteiger partial charge in [-0.2, -0.15) is 0 Å². The van der Waals surface area contributed by atoms with E-state index in [1.807, 2.05) is 37.3 Å². The number of aliphatic hydroxyl groups excluding tert-OH is 1. The molecule has 0 radical (unpaired) electrons. The first-order valence-corrected chi connectivity index (χ1v) is 11.1. The summed E-state index contributed by atoms with van der Waals surface area (Å²) in [6, 6.07) is 5.88. The number of benzene rings is 1. The Morgan fingerprint density at radius 3 is 2.41 bits per heavy atom. The Morgan fingerprint density at radius 1 is 0.966 bits per heavy atom. The summed E-state index contributed by atoms with van der Waals surface area (Å²) in [5.41, 5.74) is 4.32. The molecule has 0 heterocycles. The van der Waals surface area contributed by atoms with Gasteiger partial charge in [-0.05, 0) is 56.2 Å². The Labute approximate surface area is 176 Å². The molecule has 0 amide bonds. The quantitative estimate of drug-likeness (QED) is 0.271. The Morgan fingerprint density at radius 2 is 1.76 bits per heavy atom. The van der Waals surface area contributed by atoms with Crippen molar-refractivity contribution in [3.63, 3.8) is 0 Å². The van der Waals surface area contributed by atoms with E-state index in [4.69, 9.17) is 5.11 Å². The van der Waals surface area contributed by atoms with Gasteiger partial charge in [0.1, 0.15) is 5.78 Å². The molecular formula is C26H38O3. The number of hydrogen-bond acceptors (Lipinski definition) is 3. The van der Waals surface area contributed by atoms with Crippen LogP contribution in [0.3, 0.4) is 0 Å². The minimum absolute atomic E-state index is 0.0392. The number of carbonyl (C=O) groups excluding carboxylic acids is 2. The average molecular weight is 399 g/mol. The summed E-state index contributed by atoms with van der Waals surface area (Å²) in [5.74, 6) is 0.222. The van der Waals surface area contributed by atoms with Crippen LogP contribution < -0.4 is 0 Å². The van der Waals surface area contributed by atoms with E-state index in [0.717, 1.165) is 50.5 Å². The molecule has 0 aliphatic heterocycles. The van der Waals surface area contributed by atoms with Crippen molar-refractivity contribution < 1.29 is 14.7 Å². The second kappa shape index (κ2) is 14.9. The van der Waals surface area contributed by atoms with Crippen molar-refractivity contribution >= 4 is 17.6 Å². The molecule has 0 atom stereocenters. The van der Waals surface area contributed by atoms with E-state index >= 15 is 0 Å². The fourth-order valence-corrected chi connectivity index (χ4v) is 3.40. The maximum absolute atomic E-state index is 12.5. The minimum atomic E-state index is 0.0392. The molecule has 0 saturated heterocycles. The zero-order valence-corrected chi connectivity index (χ0v) is 18.5. The van der Waals surface area contributed by atoms with Crippen LogP contribution in [0.1, 0.15) is 100 Å². The number of carbonyl (C=O) groups is 2. The van der Waals surface area contributed by atoms with Gasteiger partial charge < -0.3 is 5.11 Å². The average Bonchev–Trinajstić information content (AvgIpc) is 2.73. The Balaban J connectivity index is 2.86. The van der Waals surface area contributed by atoms with Crippen molar-refractivity contribution in [2.24, 2.45) is 0 Å². The van der Waals surface area contributed by atoms with E-state index in [1.54, 1.807) is 0 Å². The summed E-state index contributed by atoms with van der Waals surface area (Å²) >= 11 is 0. The molecule has 0 aliphatic carbocycles. The maximum atomic E-state index is 12.5. The fourth-order valence-electron chi connectivity index (χ4n) is 3.40. The molecule has 0 unspecified atom stereocenters. The van der Waals surface area contributed by atoms with Crippen LogP contribution in [0.25, 0.3) is 6.08 Å². The minimum Gasteiger partial charge on any atom is -0.396 e. The largest absolute Gasteiger partial charge is 0.396 e. The monoisotopic (exact) mass is 398 g/mol. The van der Waals surface area contributed by atoms with Crippen LogP contribution >= 0.6 is 0 Å². The topological polar surface area (TPSA) is 54.4 Å². The molecule has 0 aliphatic rings. The third-order valence-electron chi connectivity index (χ3n) is 5.09. The number of rotatable bonds is 15. The molecule has 3 heteroatoms. The van der Waals surface area contributed by atoms with Crippen molar-refractivity contribution in [3.8, 4) is 0 Å². The van der Waals surface area contributed by atoms with Gasteiger partial charge in [-0.25, -0.2) is 0 Å². The SMILES string of the molecule is C/C=C/c1cc(C(=O)CCC(=O)CCCC)ccc1C/C=C(\CCC)CCCO. The maximum Gasteiger partial charge on any atom is 0.163 e. The lowest BCUT2D eigenvalue weighted by atomic mass is 9.95. The van der Waals surface area contributed by atoms with Gasteiger partial charge in [-0.3, -0.25) is 9.59 Å². The van der Waals surface area contributed by atoms with Gasteiger partial charge in [0.15, 0.2) is 5.78 Å². The molecule has 0 fully saturated rings. The van der Waals surface area contributed by atoms with Crippen LogP contribution in [-0.2, 0) is 11.2 Å². The van der Waals surface area contributed by atoms with Gasteiger partial charge in [0.2, 0.25) is 0 Å². The molecule has 0 bridgehead atoms. The third-order valence-corrected chi connectivity index (χ3v) is 5.09. The molecule has 0 saturated carbocycles. The second-order valence-corrected chi connectivity index (χ2v) is 7.62. The van der Waals surface area contributed by atoms with E-state index in [-0.39, 0.29) is 18.2 Å². The number of allylic oxidation sites excluding steroid dienone is 3. The number of hydrogen-bond donors (Lipinski definition) is 1. The fraction of sp³-hybridized carbons (Fsp3) is 0.538. The highest BCUT2D eigenvalue weighted by molar-refractivity contribution is 5.98. The molecular weight excluding hydrogens is 360 g/mol. The van der Waals surface area contributed by atoms with Gasteiger partial charge in [0.05, 0.1) is 0 Å². The van der Waals surface area contributed by atoms with Crippen LogP contribution in [0.15, 0.2) is 35.9 Å².